The van der Waals surface area contributed by atoms with Gasteiger partial charge in [-0.3, -0.25) is 14.4 Å². The summed E-state index contributed by atoms with van der Waals surface area (Å²) < 4.78 is 5.44. The SMILES string of the molecule is CONC(=O)C1CCN(C(=O)COc2ccccc2)CC1. The Labute approximate surface area is 124 Å². The fraction of sp³-hybridized carbons (Fsp3) is 0.467. The Bertz CT molecular complexity index is 470. The van der Waals surface area contributed by atoms with Crippen molar-refractivity contribution in [2.75, 3.05) is 26.8 Å². The predicted octanol–water partition coefficient (Wildman–Crippen LogP) is 0.982. The Balaban J connectivity index is 1.74. The maximum absolute atomic E-state index is 12.0. The molecule has 0 radical (unpaired) electrons. The van der Waals surface area contributed by atoms with Gasteiger partial charge in [0, 0.05) is 19.0 Å². The first-order valence-electron chi connectivity index (χ1n) is 6.99. The smallest absolute Gasteiger partial charge is 0.260 e. The Hall–Kier alpha value is -2.08. The summed E-state index contributed by atoms with van der Waals surface area (Å²) >= 11 is 0. The van der Waals surface area contributed by atoms with Crippen LogP contribution in [-0.4, -0.2) is 43.5 Å². The zero-order chi connectivity index (χ0) is 15.1. The van der Waals surface area contributed by atoms with Gasteiger partial charge in [0.05, 0.1) is 7.11 Å². The predicted molar refractivity (Wildman–Crippen MR) is 76.4 cm³/mol. The number of rotatable bonds is 5. The fourth-order valence-electron chi connectivity index (χ4n) is 2.33. The molecule has 1 saturated heterocycles. The number of likely N-dealkylation sites (tertiary alicyclic amines) is 1. The van der Waals surface area contributed by atoms with Gasteiger partial charge in [-0.2, -0.15) is 0 Å². The van der Waals surface area contributed by atoms with Gasteiger partial charge in [0.1, 0.15) is 5.75 Å². The third-order valence-electron chi connectivity index (χ3n) is 3.53. The van der Waals surface area contributed by atoms with Crippen LogP contribution in [0.1, 0.15) is 12.8 Å². The number of nitrogens with one attached hydrogen (secondary N) is 1. The van der Waals surface area contributed by atoms with Crippen LogP contribution in [0.5, 0.6) is 5.75 Å². The number of ether oxygens (including phenoxy) is 1. The van der Waals surface area contributed by atoms with Gasteiger partial charge in [-0.1, -0.05) is 18.2 Å². The lowest BCUT2D eigenvalue weighted by Crippen LogP contribution is -2.44. The monoisotopic (exact) mass is 292 g/mol. The maximum atomic E-state index is 12.0. The number of piperidine rings is 1. The molecule has 2 amide bonds. The molecular formula is C15H20N2O4. The molecule has 6 heteroatoms. The van der Waals surface area contributed by atoms with Crippen LogP contribution >= 0.6 is 0 Å². The number of carbonyl (C=O) groups excluding carboxylic acids is 2. The van der Waals surface area contributed by atoms with Gasteiger partial charge in [-0.15, -0.1) is 0 Å². The van der Waals surface area contributed by atoms with E-state index in [1.807, 2.05) is 30.3 Å². The number of hydrogen-bond acceptors (Lipinski definition) is 4. The summed E-state index contributed by atoms with van der Waals surface area (Å²) in [6.45, 7) is 1.16. The molecule has 2 rings (SSSR count). The molecule has 1 fully saturated rings. The highest BCUT2D eigenvalue weighted by Gasteiger charge is 2.27. The summed E-state index contributed by atoms with van der Waals surface area (Å²) in [5, 5.41) is 0. The molecule has 6 nitrogen and oxygen atoms in total. The standard InChI is InChI=1S/C15H20N2O4/c1-20-16-15(19)12-7-9-17(10-8-12)14(18)11-21-13-5-3-2-4-6-13/h2-6,12H,7-11H2,1H3,(H,16,19). The van der Waals surface area contributed by atoms with Crippen molar-refractivity contribution < 1.29 is 19.2 Å². The normalized spacial score (nSPS) is 15.6. The van der Waals surface area contributed by atoms with Gasteiger partial charge in [0.15, 0.2) is 6.61 Å². The van der Waals surface area contributed by atoms with Crippen molar-refractivity contribution in [1.29, 1.82) is 0 Å². The minimum Gasteiger partial charge on any atom is -0.484 e. The zero-order valence-corrected chi connectivity index (χ0v) is 12.1. The van der Waals surface area contributed by atoms with E-state index in [4.69, 9.17) is 4.74 Å². The maximum Gasteiger partial charge on any atom is 0.260 e. The quantitative estimate of drug-likeness (QED) is 0.822. The average molecular weight is 292 g/mol. The molecule has 1 aromatic carbocycles. The van der Waals surface area contributed by atoms with Gasteiger partial charge in [-0.05, 0) is 25.0 Å². The second kappa shape index (κ2) is 7.64. The number of benzene rings is 1. The number of carbonyl (C=O) groups is 2. The Kier molecular flexibility index (Phi) is 5.57. The van der Waals surface area contributed by atoms with E-state index in [1.165, 1.54) is 7.11 Å². The van der Waals surface area contributed by atoms with Gasteiger partial charge in [0.25, 0.3) is 5.91 Å². The van der Waals surface area contributed by atoms with E-state index in [-0.39, 0.29) is 24.3 Å². The van der Waals surface area contributed by atoms with Gasteiger partial charge >= 0.3 is 0 Å². The Morgan fingerprint density at radius 2 is 1.90 bits per heavy atom. The van der Waals surface area contributed by atoms with E-state index in [9.17, 15) is 9.59 Å². The molecule has 1 N–H and O–H groups in total. The minimum absolute atomic E-state index is 0.0267. The molecule has 1 heterocycles. The lowest BCUT2D eigenvalue weighted by molar-refractivity contribution is -0.141. The van der Waals surface area contributed by atoms with Crippen LogP contribution in [0, 0.1) is 5.92 Å². The van der Waals surface area contributed by atoms with Crippen LogP contribution in [0.3, 0.4) is 0 Å². The average Bonchev–Trinajstić information content (AvgIpc) is 2.54. The number of hydrogen-bond donors (Lipinski definition) is 1. The first kappa shape index (κ1) is 15.3. The van der Waals surface area contributed by atoms with Crippen molar-refractivity contribution in [3.8, 4) is 5.75 Å². The molecule has 0 saturated carbocycles. The van der Waals surface area contributed by atoms with Crippen LogP contribution in [0.4, 0.5) is 0 Å². The van der Waals surface area contributed by atoms with Crippen molar-refractivity contribution in [2.45, 2.75) is 12.8 Å². The third-order valence-corrected chi connectivity index (χ3v) is 3.53. The molecular weight excluding hydrogens is 272 g/mol. The van der Waals surface area contributed by atoms with E-state index < -0.39 is 0 Å². The molecule has 0 spiro atoms. The first-order valence-corrected chi connectivity index (χ1v) is 6.99. The third kappa shape index (κ3) is 4.46. The van der Waals surface area contributed by atoms with E-state index >= 15 is 0 Å². The minimum atomic E-state index is -0.120. The van der Waals surface area contributed by atoms with Crippen LogP contribution in [0.2, 0.25) is 0 Å². The molecule has 114 valence electrons. The summed E-state index contributed by atoms with van der Waals surface area (Å²) in [6.07, 6.45) is 1.29. The van der Waals surface area contributed by atoms with Crippen LogP contribution < -0.4 is 10.2 Å². The molecule has 0 aromatic heterocycles. The lowest BCUT2D eigenvalue weighted by Gasteiger charge is -2.31. The van der Waals surface area contributed by atoms with Gasteiger partial charge in [-0.25, -0.2) is 5.48 Å². The Morgan fingerprint density at radius 3 is 2.52 bits per heavy atom. The molecule has 0 aliphatic carbocycles. The van der Waals surface area contributed by atoms with Crippen molar-refractivity contribution in [1.82, 2.24) is 10.4 Å². The van der Waals surface area contributed by atoms with Gasteiger partial charge in [0.2, 0.25) is 5.91 Å². The van der Waals surface area contributed by atoms with Crippen LogP contribution in [-0.2, 0) is 14.4 Å². The zero-order valence-electron chi connectivity index (χ0n) is 12.1. The molecule has 0 unspecified atom stereocenters. The summed E-state index contributed by atoms with van der Waals surface area (Å²) in [4.78, 5) is 30.0. The Morgan fingerprint density at radius 1 is 1.24 bits per heavy atom. The van der Waals surface area contributed by atoms with Gasteiger partial charge < -0.3 is 9.64 Å². The highest BCUT2D eigenvalue weighted by Crippen LogP contribution is 2.17. The fourth-order valence-corrected chi connectivity index (χ4v) is 2.33. The van der Waals surface area contributed by atoms with Crippen molar-refractivity contribution in [2.24, 2.45) is 5.92 Å². The molecule has 1 aliphatic heterocycles. The van der Waals surface area contributed by atoms with E-state index in [0.717, 1.165) is 0 Å². The van der Waals surface area contributed by atoms with E-state index in [1.54, 1.807) is 4.90 Å². The molecule has 1 aliphatic rings. The highest BCUT2D eigenvalue weighted by atomic mass is 16.6. The van der Waals surface area contributed by atoms with Crippen LogP contribution in [0.15, 0.2) is 30.3 Å². The molecule has 0 atom stereocenters. The number of nitrogens with zero attached hydrogens (tertiary/aromatic N) is 1. The molecule has 1 aromatic rings. The van der Waals surface area contributed by atoms with Crippen molar-refractivity contribution in [3.05, 3.63) is 30.3 Å². The molecule has 0 bridgehead atoms. The summed E-state index contributed by atoms with van der Waals surface area (Å²) in [6, 6.07) is 9.24. The van der Waals surface area contributed by atoms with Crippen molar-refractivity contribution in [3.63, 3.8) is 0 Å². The van der Waals surface area contributed by atoms with Crippen molar-refractivity contribution >= 4 is 11.8 Å². The lowest BCUT2D eigenvalue weighted by atomic mass is 9.96. The van der Waals surface area contributed by atoms with E-state index in [2.05, 4.69) is 10.3 Å². The largest absolute Gasteiger partial charge is 0.484 e. The van der Waals surface area contributed by atoms with E-state index in [0.29, 0.717) is 31.7 Å². The summed E-state index contributed by atoms with van der Waals surface area (Å²) in [5.41, 5.74) is 2.34. The number of amides is 2. The number of hydroxylamine groups is 1. The second-order valence-electron chi connectivity index (χ2n) is 4.93. The first-order chi connectivity index (χ1) is 10.2. The summed E-state index contributed by atoms with van der Waals surface area (Å²) in [5.74, 6) is 0.416. The van der Waals surface area contributed by atoms with Crippen LogP contribution in [0.25, 0.3) is 0 Å². The highest BCUT2D eigenvalue weighted by molar-refractivity contribution is 5.80. The second-order valence-corrected chi connectivity index (χ2v) is 4.93. The summed E-state index contributed by atoms with van der Waals surface area (Å²) in [7, 11) is 1.41. The topological polar surface area (TPSA) is 67.9 Å². The molecule has 21 heavy (non-hydrogen) atoms. The number of para-hydroxylation sites is 1.